The Morgan fingerprint density at radius 3 is 2.65 bits per heavy atom. The molecule has 0 radical (unpaired) electrons. The van der Waals surface area contributed by atoms with Gasteiger partial charge in [-0.05, 0) is 17.5 Å². The molecule has 0 saturated carbocycles. The molecule has 1 unspecified atom stereocenters. The van der Waals surface area contributed by atoms with Gasteiger partial charge >= 0.3 is 0 Å². The lowest BCUT2D eigenvalue weighted by atomic mass is 10.2. The second-order valence-electron chi connectivity index (χ2n) is 6.08. The molecule has 0 aliphatic rings. The molecule has 6 heteroatoms. The Morgan fingerprint density at radius 2 is 1.92 bits per heavy atom. The highest BCUT2D eigenvalue weighted by molar-refractivity contribution is 5.79. The van der Waals surface area contributed by atoms with Crippen molar-refractivity contribution in [3.8, 4) is 5.88 Å². The van der Waals surface area contributed by atoms with Gasteiger partial charge < -0.3 is 20.1 Å². The zero-order valence-electron chi connectivity index (χ0n) is 15.7. The van der Waals surface area contributed by atoms with Gasteiger partial charge in [0.2, 0.25) is 5.88 Å². The van der Waals surface area contributed by atoms with Crippen molar-refractivity contribution in [1.82, 2.24) is 15.6 Å². The zero-order valence-corrected chi connectivity index (χ0v) is 15.7. The van der Waals surface area contributed by atoms with E-state index in [1.54, 1.807) is 14.2 Å². The lowest BCUT2D eigenvalue weighted by Crippen LogP contribution is -2.39. The van der Waals surface area contributed by atoms with Crippen molar-refractivity contribution in [1.29, 1.82) is 0 Å². The first-order valence-electron chi connectivity index (χ1n) is 8.77. The third-order valence-electron chi connectivity index (χ3n) is 3.78. The smallest absolute Gasteiger partial charge is 0.213 e. The highest BCUT2D eigenvalue weighted by atomic mass is 16.5. The average Bonchev–Trinajstić information content (AvgIpc) is 2.69. The number of pyridine rings is 1. The van der Waals surface area contributed by atoms with E-state index in [0.717, 1.165) is 18.2 Å². The Kier molecular flexibility index (Phi) is 8.42. The number of methoxy groups -OCH3 is 1. The SMILES string of the molecule is CN=C(NCc1cccc(OC)n1)NCC(C)COCc1ccccc1. The molecule has 0 saturated heterocycles. The van der Waals surface area contributed by atoms with Crippen LogP contribution in [0.3, 0.4) is 0 Å². The van der Waals surface area contributed by atoms with E-state index in [0.29, 0.717) is 31.6 Å². The van der Waals surface area contributed by atoms with Crippen LogP contribution in [0.2, 0.25) is 0 Å². The second kappa shape index (κ2) is 11.1. The summed E-state index contributed by atoms with van der Waals surface area (Å²) >= 11 is 0. The van der Waals surface area contributed by atoms with Crippen LogP contribution in [0.25, 0.3) is 0 Å². The number of aromatic nitrogens is 1. The molecule has 0 fully saturated rings. The number of guanidine groups is 1. The van der Waals surface area contributed by atoms with Crippen LogP contribution in [0.5, 0.6) is 5.88 Å². The number of benzene rings is 1. The van der Waals surface area contributed by atoms with E-state index in [4.69, 9.17) is 9.47 Å². The molecule has 1 atom stereocenters. The highest BCUT2D eigenvalue weighted by Crippen LogP contribution is 2.06. The summed E-state index contributed by atoms with van der Waals surface area (Å²) in [6.45, 7) is 4.83. The number of hydrogen-bond acceptors (Lipinski definition) is 4. The maximum atomic E-state index is 5.78. The van der Waals surface area contributed by atoms with E-state index in [-0.39, 0.29) is 0 Å². The average molecular weight is 356 g/mol. The summed E-state index contributed by atoms with van der Waals surface area (Å²) in [6.07, 6.45) is 0. The summed E-state index contributed by atoms with van der Waals surface area (Å²) in [4.78, 5) is 8.61. The summed E-state index contributed by atoms with van der Waals surface area (Å²) in [5, 5.41) is 6.57. The van der Waals surface area contributed by atoms with Crippen LogP contribution in [-0.4, -0.2) is 38.3 Å². The first kappa shape index (κ1) is 19.7. The third kappa shape index (κ3) is 7.11. The minimum absolute atomic E-state index is 0.368. The molecule has 1 heterocycles. The molecular formula is C20H28N4O2. The molecule has 1 aromatic heterocycles. The minimum Gasteiger partial charge on any atom is -0.481 e. The largest absolute Gasteiger partial charge is 0.481 e. The predicted molar refractivity (Wildman–Crippen MR) is 104 cm³/mol. The number of rotatable bonds is 9. The van der Waals surface area contributed by atoms with Crippen LogP contribution < -0.4 is 15.4 Å². The summed E-state index contributed by atoms with van der Waals surface area (Å²) in [7, 11) is 3.37. The zero-order chi connectivity index (χ0) is 18.6. The van der Waals surface area contributed by atoms with E-state index < -0.39 is 0 Å². The van der Waals surface area contributed by atoms with Crippen LogP contribution >= 0.6 is 0 Å². The standard InChI is InChI=1S/C20H28N4O2/c1-16(14-26-15-17-8-5-4-6-9-17)12-22-20(21-2)23-13-18-10-7-11-19(24-18)25-3/h4-11,16H,12-15H2,1-3H3,(H2,21,22,23). The summed E-state index contributed by atoms with van der Waals surface area (Å²) < 4.78 is 10.9. The molecule has 6 nitrogen and oxygen atoms in total. The Hall–Kier alpha value is -2.60. The first-order chi connectivity index (χ1) is 12.7. The Balaban J connectivity index is 1.67. The van der Waals surface area contributed by atoms with Gasteiger partial charge in [0.15, 0.2) is 5.96 Å². The van der Waals surface area contributed by atoms with E-state index in [2.05, 4.69) is 39.7 Å². The van der Waals surface area contributed by atoms with Gasteiger partial charge in [0.25, 0.3) is 0 Å². The molecule has 140 valence electrons. The number of hydrogen-bond donors (Lipinski definition) is 2. The molecule has 0 amide bonds. The molecule has 0 aliphatic heterocycles. The molecule has 0 spiro atoms. The quantitative estimate of drug-likeness (QED) is 0.534. The summed E-state index contributed by atoms with van der Waals surface area (Å²) in [5.74, 6) is 1.72. The monoisotopic (exact) mass is 356 g/mol. The first-order valence-corrected chi connectivity index (χ1v) is 8.77. The van der Waals surface area contributed by atoms with E-state index in [1.807, 2.05) is 36.4 Å². The fourth-order valence-electron chi connectivity index (χ4n) is 2.35. The Bertz CT molecular complexity index is 677. The van der Waals surface area contributed by atoms with Crippen molar-refractivity contribution in [3.63, 3.8) is 0 Å². The normalized spacial score (nSPS) is 12.5. The molecular weight excluding hydrogens is 328 g/mol. The summed E-state index contributed by atoms with van der Waals surface area (Å²) in [6, 6.07) is 15.9. The highest BCUT2D eigenvalue weighted by Gasteiger charge is 2.05. The van der Waals surface area contributed by atoms with Gasteiger partial charge in [-0.2, -0.15) is 0 Å². The van der Waals surface area contributed by atoms with Crippen LogP contribution in [-0.2, 0) is 17.9 Å². The van der Waals surface area contributed by atoms with Gasteiger partial charge in [-0.3, -0.25) is 4.99 Å². The minimum atomic E-state index is 0.368. The van der Waals surface area contributed by atoms with E-state index in [1.165, 1.54) is 5.56 Å². The molecule has 0 bridgehead atoms. The molecule has 2 N–H and O–H groups in total. The van der Waals surface area contributed by atoms with Gasteiger partial charge in [0, 0.05) is 19.7 Å². The van der Waals surface area contributed by atoms with E-state index in [9.17, 15) is 0 Å². The van der Waals surface area contributed by atoms with Crippen molar-refractivity contribution in [2.45, 2.75) is 20.1 Å². The number of aliphatic imine (C=N–C) groups is 1. The van der Waals surface area contributed by atoms with Crippen molar-refractivity contribution in [2.75, 3.05) is 27.3 Å². The van der Waals surface area contributed by atoms with Crippen molar-refractivity contribution >= 4 is 5.96 Å². The Morgan fingerprint density at radius 1 is 1.12 bits per heavy atom. The number of ether oxygens (including phenoxy) is 2. The van der Waals surface area contributed by atoms with Gasteiger partial charge in [-0.15, -0.1) is 0 Å². The van der Waals surface area contributed by atoms with E-state index >= 15 is 0 Å². The lowest BCUT2D eigenvalue weighted by molar-refractivity contribution is 0.0931. The Labute approximate surface area is 155 Å². The summed E-state index contributed by atoms with van der Waals surface area (Å²) in [5.41, 5.74) is 2.09. The number of nitrogens with zero attached hydrogens (tertiary/aromatic N) is 2. The molecule has 2 rings (SSSR count). The van der Waals surface area contributed by atoms with Crippen molar-refractivity contribution in [2.24, 2.45) is 10.9 Å². The molecule has 26 heavy (non-hydrogen) atoms. The van der Waals surface area contributed by atoms with Crippen LogP contribution in [0.1, 0.15) is 18.2 Å². The fourth-order valence-corrected chi connectivity index (χ4v) is 2.35. The van der Waals surface area contributed by atoms with Crippen LogP contribution in [0.4, 0.5) is 0 Å². The van der Waals surface area contributed by atoms with Crippen molar-refractivity contribution < 1.29 is 9.47 Å². The van der Waals surface area contributed by atoms with Crippen LogP contribution in [0.15, 0.2) is 53.5 Å². The third-order valence-corrected chi connectivity index (χ3v) is 3.78. The van der Waals surface area contributed by atoms with Gasteiger partial charge in [-0.25, -0.2) is 4.98 Å². The molecule has 2 aromatic rings. The molecule has 0 aliphatic carbocycles. The van der Waals surface area contributed by atoms with Crippen LogP contribution in [0, 0.1) is 5.92 Å². The number of nitrogens with one attached hydrogen (secondary N) is 2. The van der Waals surface area contributed by atoms with Gasteiger partial charge in [0.1, 0.15) is 0 Å². The maximum Gasteiger partial charge on any atom is 0.213 e. The fraction of sp³-hybridized carbons (Fsp3) is 0.400. The molecule has 1 aromatic carbocycles. The van der Waals surface area contributed by atoms with Crippen molar-refractivity contribution in [3.05, 3.63) is 59.8 Å². The van der Waals surface area contributed by atoms with Gasteiger partial charge in [-0.1, -0.05) is 43.3 Å². The second-order valence-corrected chi connectivity index (χ2v) is 6.08. The predicted octanol–water partition coefficient (Wildman–Crippen LogP) is 2.61. The maximum absolute atomic E-state index is 5.78. The lowest BCUT2D eigenvalue weighted by Gasteiger charge is -2.16. The topological polar surface area (TPSA) is 67.8 Å². The van der Waals surface area contributed by atoms with Gasteiger partial charge in [0.05, 0.1) is 32.6 Å².